The monoisotopic (exact) mass is 283 g/mol. The van der Waals surface area contributed by atoms with Crippen LogP contribution in [0.1, 0.15) is 24.0 Å². The third kappa shape index (κ3) is 3.91. The van der Waals surface area contributed by atoms with Gasteiger partial charge in [-0.3, -0.25) is 0 Å². The molecule has 2 N–H and O–H groups in total. The lowest BCUT2D eigenvalue weighted by Crippen LogP contribution is -2.39. The van der Waals surface area contributed by atoms with E-state index >= 15 is 0 Å². The van der Waals surface area contributed by atoms with E-state index in [1.807, 2.05) is 0 Å². The zero-order chi connectivity index (χ0) is 13.7. The van der Waals surface area contributed by atoms with Crippen LogP contribution in [-0.2, 0) is 12.8 Å². The normalized spacial score (nSPS) is 18.8. The molecule has 1 fully saturated rings. The molecule has 0 aromatic carbocycles. The smallest absolute Gasteiger partial charge is 0.317 e. The Morgan fingerprint density at radius 3 is 3.16 bits per heavy atom. The first-order chi connectivity index (χ1) is 9.22. The van der Waals surface area contributed by atoms with Gasteiger partial charge < -0.3 is 15.3 Å². The number of aliphatic hydroxyl groups excluding tert-OH is 1. The van der Waals surface area contributed by atoms with Crippen molar-refractivity contribution in [3.05, 3.63) is 16.1 Å². The molecular formula is C13H21N3O2S. The number of amides is 2. The van der Waals surface area contributed by atoms with Crippen LogP contribution >= 0.6 is 11.3 Å². The third-order valence-electron chi connectivity index (χ3n) is 3.39. The third-order valence-corrected chi connectivity index (χ3v) is 4.43. The molecule has 1 aromatic rings. The van der Waals surface area contributed by atoms with Crippen molar-refractivity contribution in [2.24, 2.45) is 5.92 Å². The first kappa shape index (κ1) is 14.3. The minimum absolute atomic E-state index is 0.0260. The summed E-state index contributed by atoms with van der Waals surface area (Å²) in [6.07, 6.45) is 2.64. The van der Waals surface area contributed by atoms with Crippen molar-refractivity contribution < 1.29 is 9.90 Å². The molecule has 2 heterocycles. The molecular weight excluding hydrogens is 262 g/mol. The molecule has 1 aliphatic heterocycles. The van der Waals surface area contributed by atoms with Crippen molar-refractivity contribution in [2.75, 3.05) is 26.2 Å². The Morgan fingerprint density at radius 2 is 2.53 bits per heavy atom. The van der Waals surface area contributed by atoms with Crippen LogP contribution in [0, 0.1) is 5.92 Å². The Morgan fingerprint density at radius 1 is 1.68 bits per heavy atom. The molecule has 0 aliphatic carbocycles. The minimum Gasteiger partial charge on any atom is -0.396 e. The van der Waals surface area contributed by atoms with E-state index in [0.717, 1.165) is 36.5 Å². The van der Waals surface area contributed by atoms with Crippen LogP contribution in [0.15, 0.2) is 5.38 Å². The van der Waals surface area contributed by atoms with Gasteiger partial charge in [0.1, 0.15) is 0 Å². The number of aliphatic hydroxyl groups is 1. The fourth-order valence-corrected chi connectivity index (χ4v) is 2.98. The summed E-state index contributed by atoms with van der Waals surface area (Å²) in [5.41, 5.74) is 1.05. The summed E-state index contributed by atoms with van der Waals surface area (Å²) in [5, 5.41) is 15.2. The van der Waals surface area contributed by atoms with Gasteiger partial charge >= 0.3 is 6.03 Å². The maximum Gasteiger partial charge on any atom is 0.317 e. The van der Waals surface area contributed by atoms with E-state index in [-0.39, 0.29) is 18.6 Å². The topological polar surface area (TPSA) is 65.5 Å². The lowest BCUT2D eigenvalue weighted by molar-refractivity contribution is 0.198. The first-order valence-electron chi connectivity index (χ1n) is 6.79. The number of carbonyl (C=O) groups is 1. The van der Waals surface area contributed by atoms with Gasteiger partial charge in [-0.1, -0.05) is 6.92 Å². The predicted molar refractivity (Wildman–Crippen MR) is 75.4 cm³/mol. The summed E-state index contributed by atoms with van der Waals surface area (Å²) in [6.45, 7) is 4.29. The number of aromatic nitrogens is 1. The molecule has 0 saturated carbocycles. The molecule has 5 nitrogen and oxygen atoms in total. The molecule has 0 spiro atoms. The quantitative estimate of drug-likeness (QED) is 0.855. The number of aryl methyl sites for hydroxylation is 1. The lowest BCUT2D eigenvalue weighted by atomic mass is 10.1. The number of urea groups is 1. The highest BCUT2D eigenvalue weighted by Gasteiger charge is 2.25. The maximum atomic E-state index is 11.9. The van der Waals surface area contributed by atoms with Crippen LogP contribution in [0.3, 0.4) is 0 Å². The van der Waals surface area contributed by atoms with Crippen molar-refractivity contribution in [3.8, 4) is 0 Å². The Labute approximate surface area is 117 Å². The summed E-state index contributed by atoms with van der Waals surface area (Å²) in [7, 11) is 0. The molecule has 0 bridgehead atoms. The van der Waals surface area contributed by atoms with Crippen molar-refractivity contribution in [1.29, 1.82) is 0 Å². The van der Waals surface area contributed by atoms with E-state index < -0.39 is 0 Å². The van der Waals surface area contributed by atoms with E-state index in [4.69, 9.17) is 5.11 Å². The molecule has 1 aliphatic rings. The van der Waals surface area contributed by atoms with Crippen LogP contribution in [0.2, 0.25) is 0 Å². The van der Waals surface area contributed by atoms with Crippen LogP contribution in [0.25, 0.3) is 0 Å². The van der Waals surface area contributed by atoms with Crippen LogP contribution in [0.5, 0.6) is 0 Å². The van der Waals surface area contributed by atoms with Gasteiger partial charge in [-0.05, 0) is 12.8 Å². The summed E-state index contributed by atoms with van der Waals surface area (Å²) in [4.78, 5) is 18.1. The number of nitrogens with one attached hydrogen (secondary N) is 1. The van der Waals surface area contributed by atoms with Gasteiger partial charge in [-0.2, -0.15) is 0 Å². The van der Waals surface area contributed by atoms with Gasteiger partial charge in [0.05, 0.1) is 10.7 Å². The van der Waals surface area contributed by atoms with E-state index in [0.29, 0.717) is 13.1 Å². The van der Waals surface area contributed by atoms with Crippen molar-refractivity contribution in [3.63, 3.8) is 0 Å². The zero-order valence-electron chi connectivity index (χ0n) is 11.3. The average molecular weight is 283 g/mol. The summed E-state index contributed by atoms with van der Waals surface area (Å²) in [5.74, 6) is 0.247. The highest BCUT2D eigenvalue weighted by atomic mass is 32.1. The number of rotatable bonds is 5. The van der Waals surface area contributed by atoms with Gasteiger partial charge in [-0.15, -0.1) is 11.3 Å². The number of hydrogen-bond acceptors (Lipinski definition) is 4. The highest BCUT2D eigenvalue weighted by Crippen LogP contribution is 2.15. The van der Waals surface area contributed by atoms with Crippen LogP contribution in [0.4, 0.5) is 4.79 Å². The van der Waals surface area contributed by atoms with E-state index in [9.17, 15) is 4.79 Å². The van der Waals surface area contributed by atoms with Gasteiger partial charge in [-0.25, -0.2) is 9.78 Å². The Bertz CT molecular complexity index is 422. The fraction of sp³-hybridized carbons (Fsp3) is 0.692. The van der Waals surface area contributed by atoms with Crippen molar-refractivity contribution >= 4 is 17.4 Å². The number of thiazole rings is 1. The van der Waals surface area contributed by atoms with Gasteiger partial charge in [0.15, 0.2) is 0 Å². The summed E-state index contributed by atoms with van der Waals surface area (Å²) >= 11 is 1.67. The van der Waals surface area contributed by atoms with Crippen LogP contribution < -0.4 is 5.32 Å². The SMILES string of the molecule is CCc1nc(CCNC(=O)N2CCC(CO)C2)cs1. The Balaban J connectivity index is 1.69. The highest BCUT2D eigenvalue weighted by molar-refractivity contribution is 7.09. The molecule has 1 unspecified atom stereocenters. The Hall–Kier alpha value is -1.14. The largest absolute Gasteiger partial charge is 0.396 e. The van der Waals surface area contributed by atoms with E-state index in [1.54, 1.807) is 16.2 Å². The number of carbonyl (C=O) groups excluding carboxylic acids is 1. The molecule has 19 heavy (non-hydrogen) atoms. The summed E-state index contributed by atoms with van der Waals surface area (Å²) < 4.78 is 0. The minimum atomic E-state index is -0.0260. The molecule has 0 radical (unpaired) electrons. The van der Waals surface area contributed by atoms with Gasteiger partial charge in [0.25, 0.3) is 0 Å². The molecule has 106 valence electrons. The predicted octanol–water partition coefficient (Wildman–Crippen LogP) is 1.27. The van der Waals surface area contributed by atoms with Crippen LogP contribution in [-0.4, -0.2) is 47.3 Å². The molecule has 1 saturated heterocycles. The average Bonchev–Trinajstić information content (AvgIpc) is 3.07. The molecule has 2 rings (SSSR count). The Kier molecular flexibility index (Phi) is 5.15. The van der Waals surface area contributed by atoms with E-state index in [1.165, 1.54) is 0 Å². The lowest BCUT2D eigenvalue weighted by Gasteiger charge is -2.16. The second kappa shape index (κ2) is 6.86. The molecule has 2 amide bonds. The first-order valence-corrected chi connectivity index (χ1v) is 7.67. The van der Waals surface area contributed by atoms with Crippen molar-refractivity contribution in [2.45, 2.75) is 26.2 Å². The molecule has 6 heteroatoms. The van der Waals surface area contributed by atoms with Crippen molar-refractivity contribution in [1.82, 2.24) is 15.2 Å². The molecule has 1 aromatic heterocycles. The van der Waals surface area contributed by atoms with Gasteiger partial charge in [0, 0.05) is 44.0 Å². The van der Waals surface area contributed by atoms with E-state index in [2.05, 4.69) is 22.6 Å². The number of nitrogens with zero attached hydrogens (tertiary/aromatic N) is 2. The van der Waals surface area contributed by atoms with Gasteiger partial charge in [0.2, 0.25) is 0 Å². The molecule has 1 atom stereocenters. The number of hydrogen-bond donors (Lipinski definition) is 2. The second-order valence-corrected chi connectivity index (χ2v) is 5.79. The number of likely N-dealkylation sites (tertiary alicyclic amines) is 1. The summed E-state index contributed by atoms with van der Waals surface area (Å²) in [6, 6.07) is -0.0260. The fourth-order valence-electron chi connectivity index (χ4n) is 2.20. The standard InChI is InChI=1S/C13H21N3O2S/c1-2-12-15-11(9-19-12)3-5-14-13(18)16-6-4-10(7-16)8-17/h9-10,17H,2-8H2,1H3,(H,14,18). The zero-order valence-corrected chi connectivity index (χ0v) is 12.1. The maximum absolute atomic E-state index is 11.9. The second-order valence-electron chi connectivity index (χ2n) is 4.85.